The van der Waals surface area contributed by atoms with Crippen LogP contribution >= 0.6 is 24.0 Å². The molecule has 2 heterocycles. The monoisotopic (exact) mass is 362 g/mol. The van der Waals surface area contributed by atoms with Crippen molar-refractivity contribution in [1.82, 2.24) is 19.5 Å². The lowest BCUT2D eigenvalue weighted by Gasteiger charge is -2.30. The molecule has 0 spiro atoms. The second-order valence-electron chi connectivity index (χ2n) is 4.90. The number of aromatic amines is 1. The summed E-state index contributed by atoms with van der Waals surface area (Å²) in [5, 5.41) is 47.7. The van der Waals surface area contributed by atoms with Gasteiger partial charge in [0.2, 0.25) is 0 Å². The van der Waals surface area contributed by atoms with E-state index in [4.69, 9.17) is 17.3 Å². The van der Waals surface area contributed by atoms with E-state index >= 15 is 0 Å². The highest BCUT2D eigenvalue weighted by Crippen LogP contribution is 2.30. The summed E-state index contributed by atoms with van der Waals surface area (Å²) in [4.78, 5) is 10.9. The van der Waals surface area contributed by atoms with Crippen molar-refractivity contribution in [3.63, 3.8) is 0 Å². The Morgan fingerprint density at radius 2 is 1.91 bits per heavy atom. The van der Waals surface area contributed by atoms with Crippen molar-refractivity contribution in [1.29, 1.82) is 0 Å². The van der Waals surface area contributed by atoms with Gasteiger partial charge in [0, 0.05) is 0 Å². The molecule has 23 heavy (non-hydrogen) atoms. The lowest BCUT2D eigenvalue weighted by molar-refractivity contribution is -0.118. The van der Waals surface area contributed by atoms with Crippen molar-refractivity contribution in [3.05, 3.63) is 17.3 Å². The zero-order valence-electron chi connectivity index (χ0n) is 12.1. The van der Waals surface area contributed by atoms with Gasteiger partial charge in [-0.1, -0.05) is 12.2 Å². The van der Waals surface area contributed by atoms with Crippen molar-refractivity contribution in [2.45, 2.75) is 29.8 Å². The fourth-order valence-electron chi connectivity index (χ4n) is 2.19. The number of aliphatic hydroxyl groups excluding tert-OH is 5. The number of thioether (sulfide) groups is 1. The van der Waals surface area contributed by atoms with Gasteiger partial charge in [0.05, 0.1) is 19.3 Å². The maximum atomic E-state index is 10.4. The number of fused-ring (bicyclic) bond motifs is 1. The molecule has 0 aliphatic rings. The topological polar surface area (TPSA) is 148 Å². The van der Waals surface area contributed by atoms with Crippen LogP contribution in [0.25, 0.3) is 11.2 Å². The van der Waals surface area contributed by atoms with Crippen molar-refractivity contribution in [2.75, 3.05) is 12.9 Å². The van der Waals surface area contributed by atoms with Crippen LogP contribution in [-0.2, 0) is 0 Å². The van der Waals surface area contributed by atoms with Crippen LogP contribution in [0.2, 0.25) is 0 Å². The minimum absolute atomic E-state index is 0.295. The first-order valence-electron chi connectivity index (χ1n) is 6.68. The quantitative estimate of drug-likeness (QED) is 0.334. The summed E-state index contributed by atoms with van der Waals surface area (Å²) in [5.41, 5.74) is 0.951. The standard InChI is InChI=1S/C12H18N4O5S2/c1-23-12(9(21)8(20)7(19)5(18)2-17)16-4-15-6-10(16)13-3-14-11(6)22/h3-5,7-9,12,17-21H,2H2,1H3,(H,13,14,22)/t5-,7-,8-,9-,12+/m1/s1. The van der Waals surface area contributed by atoms with E-state index < -0.39 is 36.4 Å². The Morgan fingerprint density at radius 1 is 1.22 bits per heavy atom. The summed E-state index contributed by atoms with van der Waals surface area (Å²) in [5.74, 6) is 0. The minimum Gasteiger partial charge on any atom is -0.394 e. The number of nitrogens with zero attached hydrogens (tertiary/aromatic N) is 3. The molecule has 2 aromatic rings. The molecule has 6 N–H and O–H groups in total. The zero-order valence-corrected chi connectivity index (χ0v) is 13.8. The largest absolute Gasteiger partial charge is 0.394 e. The fourth-order valence-corrected chi connectivity index (χ4v) is 3.22. The molecule has 0 saturated carbocycles. The van der Waals surface area contributed by atoms with Gasteiger partial charge in [0.1, 0.15) is 41.0 Å². The first kappa shape index (κ1) is 18.3. The van der Waals surface area contributed by atoms with Crippen LogP contribution in [-0.4, -0.2) is 82.3 Å². The van der Waals surface area contributed by atoms with Crippen LogP contribution in [0.1, 0.15) is 5.37 Å². The van der Waals surface area contributed by atoms with Crippen LogP contribution in [0.15, 0.2) is 12.7 Å². The maximum absolute atomic E-state index is 10.4. The number of nitrogens with one attached hydrogen (secondary N) is 1. The number of H-pyrrole nitrogens is 1. The Balaban J connectivity index is 2.34. The molecule has 0 aliphatic heterocycles. The molecule has 0 unspecified atom stereocenters. The van der Waals surface area contributed by atoms with Crippen molar-refractivity contribution in [2.24, 2.45) is 0 Å². The Bertz CT molecular complexity index is 708. The summed E-state index contributed by atoms with van der Waals surface area (Å²) in [6.07, 6.45) is -1.82. The second kappa shape index (κ2) is 7.66. The predicted molar refractivity (Wildman–Crippen MR) is 86.4 cm³/mol. The smallest absolute Gasteiger partial charge is 0.157 e. The van der Waals surface area contributed by atoms with Crippen molar-refractivity contribution < 1.29 is 25.5 Å². The van der Waals surface area contributed by atoms with E-state index in [1.807, 2.05) is 0 Å². The fraction of sp³-hybridized carbons (Fsp3) is 0.583. The minimum atomic E-state index is -1.69. The van der Waals surface area contributed by atoms with Gasteiger partial charge >= 0.3 is 0 Å². The van der Waals surface area contributed by atoms with E-state index in [9.17, 15) is 20.4 Å². The Hall–Kier alpha value is -1.08. The molecule has 2 aromatic heterocycles. The van der Waals surface area contributed by atoms with Gasteiger partial charge in [-0.15, -0.1) is 11.8 Å². The first-order valence-corrected chi connectivity index (χ1v) is 8.38. The molecule has 0 amide bonds. The summed E-state index contributed by atoms with van der Waals surface area (Å²) < 4.78 is 1.85. The highest BCUT2D eigenvalue weighted by molar-refractivity contribution is 7.98. The van der Waals surface area contributed by atoms with Gasteiger partial charge in [-0.2, -0.15) is 0 Å². The van der Waals surface area contributed by atoms with Gasteiger partial charge in [-0.25, -0.2) is 9.97 Å². The molecule has 0 aromatic carbocycles. The summed E-state index contributed by atoms with van der Waals surface area (Å²) in [7, 11) is 0. The van der Waals surface area contributed by atoms with E-state index in [0.29, 0.717) is 15.8 Å². The molecule has 0 saturated heterocycles. The molecule has 0 radical (unpaired) electrons. The van der Waals surface area contributed by atoms with Crippen LogP contribution in [0.5, 0.6) is 0 Å². The third kappa shape index (κ3) is 3.55. The number of rotatable bonds is 7. The SMILES string of the molecule is CS[C@@H]([C@H](O)[C@H](O)[C@H](O)[C@H](O)CO)n1cnc2c(=S)nc[nH]c21. The van der Waals surface area contributed by atoms with E-state index in [1.54, 1.807) is 10.8 Å². The molecular formula is C12H18N4O5S2. The zero-order chi connectivity index (χ0) is 17.1. The number of aliphatic hydroxyl groups is 5. The van der Waals surface area contributed by atoms with Gasteiger partial charge in [0.25, 0.3) is 0 Å². The molecule has 0 aliphatic carbocycles. The van der Waals surface area contributed by atoms with Gasteiger partial charge in [-0.05, 0) is 6.26 Å². The molecule has 0 bridgehead atoms. The molecule has 128 valence electrons. The van der Waals surface area contributed by atoms with Crippen LogP contribution < -0.4 is 0 Å². The summed E-state index contributed by atoms with van der Waals surface area (Å²) >= 11 is 6.28. The first-order chi connectivity index (χ1) is 10.9. The summed E-state index contributed by atoms with van der Waals surface area (Å²) in [6.45, 7) is -0.734. The van der Waals surface area contributed by atoms with Gasteiger partial charge < -0.3 is 35.1 Å². The Morgan fingerprint density at radius 3 is 2.52 bits per heavy atom. The molecule has 2 rings (SSSR count). The van der Waals surface area contributed by atoms with Crippen molar-refractivity contribution >= 4 is 35.1 Å². The number of hydrogen-bond donors (Lipinski definition) is 6. The second-order valence-corrected chi connectivity index (χ2v) is 6.25. The highest BCUT2D eigenvalue weighted by Gasteiger charge is 2.35. The lowest BCUT2D eigenvalue weighted by atomic mass is 10.0. The average molecular weight is 362 g/mol. The predicted octanol–water partition coefficient (Wildman–Crippen LogP) is -1.21. The summed E-state index contributed by atoms with van der Waals surface area (Å²) in [6, 6.07) is 0. The van der Waals surface area contributed by atoms with Crippen molar-refractivity contribution in [3.8, 4) is 0 Å². The van der Waals surface area contributed by atoms with E-state index in [2.05, 4.69) is 15.0 Å². The number of imidazole rings is 1. The third-order valence-electron chi connectivity index (χ3n) is 3.47. The number of hydrogen-bond acceptors (Lipinski definition) is 9. The normalized spacial score (nSPS) is 18.5. The third-order valence-corrected chi connectivity index (χ3v) is 4.76. The van der Waals surface area contributed by atoms with E-state index in [1.165, 1.54) is 24.4 Å². The molecule has 11 heteroatoms. The van der Waals surface area contributed by atoms with Gasteiger partial charge in [0.15, 0.2) is 4.64 Å². The maximum Gasteiger partial charge on any atom is 0.157 e. The Labute approximate surface area is 140 Å². The molecule has 9 nitrogen and oxygen atoms in total. The molecule has 0 fully saturated rings. The van der Waals surface area contributed by atoms with Crippen LogP contribution in [0, 0.1) is 4.64 Å². The van der Waals surface area contributed by atoms with Gasteiger partial charge in [-0.3, -0.25) is 0 Å². The lowest BCUT2D eigenvalue weighted by Crippen LogP contribution is -2.48. The van der Waals surface area contributed by atoms with Crippen LogP contribution in [0.4, 0.5) is 0 Å². The van der Waals surface area contributed by atoms with E-state index in [-0.39, 0.29) is 0 Å². The van der Waals surface area contributed by atoms with Crippen LogP contribution in [0.3, 0.4) is 0 Å². The molecular weight excluding hydrogens is 344 g/mol. The molecule has 5 atom stereocenters. The Kier molecular flexibility index (Phi) is 6.08. The van der Waals surface area contributed by atoms with E-state index in [0.717, 1.165) is 0 Å². The highest BCUT2D eigenvalue weighted by atomic mass is 32.2. The number of aromatic nitrogens is 4. The average Bonchev–Trinajstić information content (AvgIpc) is 2.98.